The third kappa shape index (κ3) is 4.30. The second-order valence-corrected chi connectivity index (χ2v) is 7.43. The molecule has 3 heterocycles. The monoisotopic (exact) mass is 411 g/mol. The molecule has 1 saturated heterocycles. The van der Waals surface area contributed by atoms with Crippen molar-refractivity contribution in [2.75, 3.05) is 11.9 Å². The van der Waals surface area contributed by atoms with Gasteiger partial charge in [-0.2, -0.15) is 5.10 Å². The highest BCUT2D eigenvalue weighted by Gasteiger charge is 2.30. The molecule has 0 radical (unpaired) electrons. The predicted molar refractivity (Wildman–Crippen MR) is 110 cm³/mol. The number of hydrogen-bond donors (Lipinski definition) is 3. The lowest BCUT2D eigenvalue weighted by Crippen LogP contribution is -2.50. The third-order valence-corrected chi connectivity index (χ3v) is 5.40. The standard InChI is InChI=1S/C20H21N5O3S/c1-2-28-20(27)22-17-11-15(16-9-6-10-29-16)24-25(17)19-21-14(12-18(26)23-19)13-7-4-3-5-8-13/h3-11,14,19,21H,2,12H2,1H3,(H,22,27)(H,23,26). The number of nitrogens with zero attached hydrogens (tertiary/aromatic N) is 2. The summed E-state index contributed by atoms with van der Waals surface area (Å²) in [4.78, 5) is 25.4. The molecule has 3 N–H and O–H groups in total. The largest absolute Gasteiger partial charge is 0.450 e. The summed E-state index contributed by atoms with van der Waals surface area (Å²) in [5.41, 5.74) is 1.71. The smallest absolute Gasteiger partial charge is 0.412 e. The van der Waals surface area contributed by atoms with E-state index in [2.05, 4.69) is 21.0 Å². The van der Waals surface area contributed by atoms with Crippen LogP contribution in [0.1, 0.15) is 31.2 Å². The Morgan fingerprint density at radius 1 is 1.31 bits per heavy atom. The quantitative estimate of drug-likeness (QED) is 0.597. The van der Waals surface area contributed by atoms with Gasteiger partial charge in [-0.1, -0.05) is 36.4 Å². The summed E-state index contributed by atoms with van der Waals surface area (Å²) in [6.45, 7) is 1.99. The Morgan fingerprint density at radius 2 is 2.14 bits per heavy atom. The molecule has 0 aliphatic carbocycles. The number of thiophene rings is 1. The second-order valence-electron chi connectivity index (χ2n) is 6.49. The Kier molecular flexibility index (Phi) is 5.59. The maximum Gasteiger partial charge on any atom is 0.412 e. The lowest BCUT2D eigenvalue weighted by atomic mass is 10.0. The minimum Gasteiger partial charge on any atom is -0.450 e. The molecule has 1 aliphatic rings. The van der Waals surface area contributed by atoms with E-state index in [1.165, 1.54) is 0 Å². The summed E-state index contributed by atoms with van der Waals surface area (Å²) in [5.74, 6) is 0.330. The first kappa shape index (κ1) is 19.2. The maximum atomic E-state index is 12.4. The normalized spacial score (nSPS) is 18.9. The minimum absolute atomic E-state index is 0.0992. The van der Waals surface area contributed by atoms with Crippen LogP contribution in [0.5, 0.6) is 0 Å². The van der Waals surface area contributed by atoms with Crippen LogP contribution in [0.25, 0.3) is 10.6 Å². The van der Waals surface area contributed by atoms with Crippen molar-refractivity contribution >= 4 is 29.2 Å². The van der Waals surface area contributed by atoms with E-state index in [0.29, 0.717) is 17.9 Å². The average Bonchev–Trinajstić information content (AvgIpc) is 3.38. The van der Waals surface area contributed by atoms with E-state index >= 15 is 0 Å². The van der Waals surface area contributed by atoms with E-state index in [-0.39, 0.29) is 18.6 Å². The second kappa shape index (κ2) is 8.46. The number of benzene rings is 1. The lowest BCUT2D eigenvalue weighted by Gasteiger charge is -2.32. The molecule has 0 bridgehead atoms. The number of anilines is 1. The van der Waals surface area contributed by atoms with Gasteiger partial charge in [-0.3, -0.25) is 15.4 Å². The van der Waals surface area contributed by atoms with Crippen LogP contribution in [0, 0.1) is 0 Å². The first-order chi connectivity index (χ1) is 14.1. The zero-order valence-corrected chi connectivity index (χ0v) is 16.6. The summed E-state index contributed by atoms with van der Waals surface area (Å²) in [5, 5.41) is 15.6. The van der Waals surface area contributed by atoms with Crippen molar-refractivity contribution in [3.63, 3.8) is 0 Å². The zero-order valence-electron chi connectivity index (χ0n) is 15.8. The Morgan fingerprint density at radius 3 is 2.86 bits per heavy atom. The van der Waals surface area contributed by atoms with Gasteiger partial charge in [0.2, 0.25) is 5.91 Å². The Labute approximate surface area is 171 Å². The topological polar surface area (TPSA) is 97.3 Å². The molecule has 3 aromatic rings. The molecule has 1 aromatic carbocycles. The molecule has 150 valence electrons. The fourth-order valence-corrected chi connectivity index (χ4v) is 3.90. The van der Waals surface area contributed by atoms with Gasteiger partial charge in [0.05, 0.1) is 11.5 Å². The molecule has 0 spiro atoms. The number of carbonyl (C=O) groups is 2. The molecule has 9 heteroatoms. The molecule has 1 aliphatic heterocycles. The first-order valence-electron chi connectivity index (χ1n) is 9.31. The number of nitrogens with one attached hydrogen (secondary N) is 3. The van der Waals surface area contributed by atoms with E-state index < -0.39 is 12.4 Å². The highest BCUT2D eigenvalue weighted by Crippen LogP contribution is 2.29. The van der Waals surface area contributed by atoms with Crippen molar-refractivity contribution in [2.24, 2.45) is 0 Å². The molecule has 4 rings (SSSR count). The summed E-state index contributed by atoms with van der Waals surface area (Å²) in [6.07, 6.45) is -0.875. The summed E-state index contributed by atoms with van der Waals surface area (Å²) < 4.78 is 6.57. The minimum atomic E-state index is -0.618. The fourth-order valence-electron chi connectivity index (χ4n) is 3.22. The fraction of sp³-hybridized carbons (Fsp3) is 0.250. The molecule has 0 saturated carbocycles. The van der Waals surface area contributed by atoms with Crippen molar-refractivity contribution in [2.45, 2.75) is 25.7 Å². The Hall–Kier alpha value is -3.17. The average molecular weight is 411 g/mol. The molecular weight excluding hydrogens is 390 g/mol. The van der Waals surface area contributed by atoms with Crippen molar-refractivity contribution in [1.29, 1.82) is 0 Å². The van der Waals surface area contributed by atoms with E-state index in [9.17, 15) is 9.59 Å². The van der Waals surface area contributed by atoms with E-state index in [0.717, 1.165) is 10.4 Å². The zero-order chi connectivity index (χ0) is 20.2. The summed E-state index contributed by atoms with van der Waals surface area (Å²) in [6, 6.07) is 15.3. The molecule has 1 fully saturated rings. The van der Waals surface area contributed by atoms with Crippen LogP contribution in [0.4, 0.5) is 10.6 Å². The number of aromatic nitrogens is 2. The van der Waals surface area contributed by atoms with Crippen molar-refractivity contribution in [3.8, 4) is 10.6 Å². The third-order valence-electron chi connectivity index (χ3n) is 4.51. The van der Waals surface area contributed by atoms with Gasteiger partial charge in [-0.15, -0.1) is 11.3 Å². The van der Waals surface area contributed by atoms with Crippen LogP contribution in [0.15, 0.2) is 53.9 Å². The van der Waals surface area contributed by atoms with E-state index in [1.807, 2.05) is 47.8 Å². The Balaban J connectivity index is 1.66. The molecule has 2 atom stereocenters. The van der Waals surface area contributed by atoms with Gasteiger partial charge in [0.25, 0.3) is 0 Å². The molecule has 8 nitrogen and oxygen atoms in total. The van der Waals surface area contributed by atoms with E-state index in [4.69, 9.17) is 4.74 Å². The van der Waals surface area contributed by atoms with Gasteiger partial charge >= 0.3 is 6.09 Å². The molecule has 2 aromatic heterocycles. The summed E-state index contributed by atoms with van der Waals surface area (Å²) >= 11 is 1.54. The SMILES string of the molecule is CCOC(=O)Nc1cc(-c2cccs2)nn1C1NC(=O)CC(c2ccccc2)N1. The van der Waals surface area contributed by atoms with Gasteiger partial charge in [0.15, 0.2) is 6.29 Å². The van der Waals surface area contributed by atoms with Crippen LogP contribution in [0.2, 0.25) is 0 Å². The predicted octanol–water partition coefficient (Wildman–Crippen LogP) is 3.49. The van der Waals surface area contributed by atoms with Gasteiger partial charge in [0, 0.05) is 18.5 Å². The Bertz CT molecular complexity index is 987. The van der Waals surface area contributed by atoms with Gasteiger partial charge in [-0.05, 0) is 23.9 Å². The van der Waals surface area contributed by atoms with Gasteiger partial charge < -0.3 is 10.1 Å². The number of hydrogen-bond acceptors (Lipinski definition) is 6. The highest BCUT2D eigenvalue weighted by molar-refractivity contribution is 7.13. The molecule has 29 heavy (non-hydrogen) atoms. The molecular formula is C20H21N5O3S. The van der Waals surface area contributed by atoms with E-state index in [1.54, 1.807) is 29.0 Å². The van der Waals surface area contributed by atoms with Crippen molar-refractivity contribution < 1.29 is 14.3 Å². The number of carbonyl (C=O) groups excluding carboxylic acids is 2. The number of amides is 2. The highest BCUT2D eigenvalue weighted by atomic mass is 32.1. The number of rotatable bonds is 5. The van der Waals surface area contributed by atoms with Crippen LogP contribution in [-0.2, 0) is 9.53 Å². The van der Waals surface area contributed by atoms with Crippen molar-refractivity contribution in [3.05, 3.63) is 59.5 Å². The van der Waals surface area contributed by atoms with Crippen LogP contribution in [-0.4, -0.2) is 28.4 Å². The van der Waals surface area contributed by atoms with Crippen LogP contribution < -0.4 is 16.0 Å². The number of ether oxygens (including phenoxy) is 1. The molecule has 2 amide bonds. The van der Waals surface area contributed by atoms with Gasteiger partial charge in [-0.25, -0.2) is 9.48 Å². The molecule has 2 unspecified atom stereocenters. The van der Waals surface area contributed by atoms with Crippen molar-refractivity contribution in [1.82, 2.24) is 20.4 Å². The first-order valence-corrected chi connectivity index (χ1v) is 10.2. The summed E-state index contributed by atoms with van der Waals surface area (Å²) in [7, 11) is 0. The van der Waals surface area contributed by atoms with Gasteiger partial charge in [0.1, 0.15) is 11.5 Å². The maximum absolute atomic E-state index is 12.4. The lowest BCUT2D eigenvalue weighted by molar-refractivity contribution is -0.125. The van der Waals surface area contributed by atoms with Crippen LogP contribution in [0.3, 0.4) is 0 Å². The van der Waals surface area contributed by atoms with Crippen LogP contribution >= 0.6 is 11.3 Å².